The van der Waals surface area contributed by atoms with Crippen LogP contribution < -0.4 is 10.6 Å². The highest BCUT2D eigenvalue weighted by molar-refractivity contribution is 5.79. The van der Waals surface area contributed by atoms with E-state index in [1.54, 1.807) is 0 Å². The molecule has 1 atom stereocenters. The van der Waals surface area contributed by atoms with Crippen molar-refractivity contribution in [3.63, 3.8) is 0 Å². The van der Waals surface area contributed by atoms with Crippen molar-refractivity contribution < 1.29 is 9.90 Å². The first-order valence-corrected chi connectivity index (χ1v) is 6.45. The Bertz CT molecular complexity index is 231. The fourth-order valence-electron chi connectivity index (χ4n) is 2.61. The van der Waals surface area contributed by atoms with Crippen molar-refractivity contribution in [2.24, 2.45) is 5.92 Å². The predicted octanol–water partition coefficient (Wildman–Crippen LogP) is 0.406. The van der Waals surface area contributed by atoms with Gasteiger partial charge in [-0.15, -0.1) is 0 Å². The maximum atomic E-state index is 11.9. The molecule has 1 aliphatic heterocycles. The van der Waals surface area contributed by atoms with E-state index in [2.05, 4.69) is 10.6 Å². The van der Waals surface area contributed by atoms with Crippen molar-refractivity contribution in [3.8, 4) is 0 Å². The second kappa shape index (κ2) is 5.64. The fourth-order valence-corrected chi connectivity index (χ4v) is 2.61. The van der Waals surface area contributed by atoms with Crippen LogP contribution in [-0.2, 0) is 4.79 Å². The molecule has 2 fully saturated rings. The Labute approximate surface area is 96.8 Å². The highest BCUT2D eigenvalue weighted by Crippen LogP contribution is 2.19. The number of aliphatic hydroxyl groups excluding tert-OH is 1. The summed E-state index contributed by atoms with van der Waals surface area (Å²) in [5, 5.41) is 15.8. The first-order chi connectivity index (χ1) is 7.75. The largest absolute Gasteiger partial charge is 0.393 e. The van der Waals surface area contributed by atoms with Gasteiger partial charge in [0.1, 0.15) is 0 Å². The van der Waals surface area contributed by atoms with E-state index in [-0.39, 0.29) is 24.0 Å². The van der Waals surface area contributed by atoms with Crippen LogP contribution in [0.15, 0.2) is 0 Å². The van der Waals surface area contributed by atoms with Crippen molar-refractivity contribution in [1.82, 2.24) is 10.6 Å². The van der Waals surface area contributed by atoms with E-state index >= 15 is 0 Å². The molecule has 0 aromatic rings. The predicted molar refractivity (Wildman–Crippen MR) is 62.0 cm³/mol. The third-order valence-corrected chi connectivity index (χ3v) is 3.71. The summed E-state index contributed by atoms with van der Waals surface area (Å²) in [4.78, 5) is 11.9. The monoisotopic (exact) mass is 226 g/mol. The number of amides is 1. The highest BCUT2D eigenvalue weighted by atomic mass is 16.3. The Hall–Kier alpha value is -0.610. The Morgan fingerprint density at radius 3 is 2.56 bits per heavy atom. The average Bonchev–Trinajstić information content (AvgIpc) is 2.33. The lowest BCUT2D eigenvalue weighted by Crippen LogP contribution is -2.45. The summed E-state index contributed by atoms with van der Waals surface area (Å²) >= 11 is 0. The van der Waals surface area contributed by atoms with Gasteiger partial charge in [0.25, 0.3) is 0 Å². The summed E-state index contributed by atoms with van der Waals surface area (Å²) in [6.07, 6.45) is 5.46. The number of aliphatic hydroxyl groups is 1. The van der Waals surface area contributed by atoms with Gasteiger partial charge in [-0.3, -0.25) is 4.79 Å². The molecular formula is C12H22N2O2. The maximum absolute atomic E-state index is 11.9. The SMILES string of the molecule is O=C(NC1CCC(O)CC1)[C@H]1CCCNC1. The molecule has 3 N–H and O–H groups in total. The zero-order chi connectivity index (χ0) is 11.4. The number of carbonyl (C=O) groups excluding carboxylic acids is 1. The van der Waals surface area contributed by atoms with Gasteiger partial charge in [0.15, 0.2) is 0 Å². The molecule has 2 rings (SSSR count). The van der Waals surface area contributed by atoms with Gasteiger partial charge in [0.2, 0.25) is 5.91 Å². The van der Waals surface area contributed by atoms with E-state index in [4.69, 9.17) is 0 Å². The van der Waals surface area contributed by atoms with Crippen molar-refractivity contribution in [2.75, 3.05) is 13.1 Å². The van der Waals surface area contributed by atoms with Gasteiger partial charge in [0, 0.05) is 12.6 Å². The summed E-state index contributed by atoms with van der Waals surface area (Å²) < 4.78 is 0. The molecular weight excluding hydrogens is 204 g/mol. The van der Waals surface area contributed by atoms with Gasteiger partial charge in [-0.05, 0) is 45.1 Å². The van der Waals surface area contributed by atoms with Crippen molar-refractivity contribution in [2.45, 2.75) is 50.7 Å². The molecule has 1 saturated heterocycles. The maximum Gasteiger partial charge on any atom is 0.224 e. The minimum atomic E-state index is -0.149. The van der Waals surface area contributed by atoms with E-state index < -0.39 is 0 Å². The molecule has 0 radical (unpaired) electrons. The van der Waals surface area contributed by atoms with Crippen molar-refractivity contribution in [1.29, 1.82) is 0 Å². The quantitative estimate of drug-likeness (QED) is 0.639. The normalized spacial score (nSPS) is 35.7. The fraction of sp³-hybridized carbons (Fsp3) is 0.917. The van der Waals surface area contributed by atoms with Gasteiger partial charge in [0.05, 0.1) is 12.0 Å². The Morgan fingerprint density at radius 1 is 1.19 bits per heavy atom. The van der Waals surface area contributed by atoms with E-state index in [0.29, 0.717) is 0 Å². The van der Waals surface area contributed by atoms with Crippen LogP contribution in [0.3, 0.4) is 0 Å². The Morgan fingerprint density at radius 2 is 1.94 bits per heavy atom. The molecule has 92 valence electrons. The van der Waals surface area contributed by atoms with Crippen LogP contribution in [0.25, 0.3) is 0 Å². The molecule has 1 saturated carbocycles. The molecule has 1 amide bonds. The third kappa shape index (κ3) is 3.19. The number of carbonyl (C=O) groups is 1. The molecule has 0 bridgehead atoms. The van der Waals surface area contributed by atoms with Crippen molar-refractivity contribution in [3.05, 3.63) is 0 Å². The van der Waals surface area contributed by atoms with E-state index in [1.165, 1.54) is 0 Å². The van der Waals surface area contributed by atoms with E-state index in [9.17, 15) is 9.90 Å². The molecule has 0 unspecified atom stereocenters. The molecule has 4 nitrogen and oxygen atoms in total. The summed E-state index contributed by atoms with van der Waals surface area (Å²) in [6, 6.07) is 0.290. The third-order valence-electron chi connectivity index (χ3n) is 3.71. The first kappa shape index (κ1) is 11.9. The molecule has 0 spiro atoms. The second-order valence-corrected chi connectivity index (χ2v) is 5.06. The standard InChI is InChI=1S/C12H22N2O2/c15-11-5-3-10(4-6-11)14-12(16)9-2-1-7-13-8-9/h9-11,13,15H,1-8H2,(H,14,16)/t9-,10?,11?/m0/s1. The van der Waals surface area contributed by atoms with Crippen LogP contribution in [0.5, 0.6) is 0 Å². The smallest absolute Gasteiger partial charge is 0.224 e. The number of hydrogen-bond acceptors (Lipinski definition) is 3. The molecule has 1 aliphatic carbocycles. The van der Waals surface area contributed by atoms with Crippen LogP contribution in [0.2, 0.25) is 0 Å². The van der Waals surface area contributed by atoms with Gasteiger partial charge >= 0.3 is 0 Å². The lowest BCUT2D eigenvalue weighted by Gasteiger charge is -2.29. The summed E-state index contributed by atoms with van der Waals surface area (Å²) in [7, 11) is 0. The van der Waals surface area contributed by atoms with Crippen LogP contribution in [0.4, 0.5) is 0 Å². The van der Waals surface area contributed by atoms with Gasteiger partial charge in [-0.1, -0.05) is 0 Å². The lowest BCUT2D eigenvalue weighted by atomic mass is 9.92. The Balaban J connectivity index is 1.73. The summed E-state index contributed by atoms with van der Waals surface area (Å²) in [5.41, 5.74) is 0. The molecule has 0 aromatic carbocycles. The molecule has 0 aromatic heterocycles. The molecule has 16 heavy (non-hydrogen) atoms. The lowest BCUT2D eigenvalue weighted by molar-refractivity contribution is -0.126. The van der Waals surface area contributed by atoms with Crippen LogP contribution in [0, 0.1) is 5.92 Å². The van der Waals surface area contributed by atoms with Gasteiger partial charge < -0.3 is 15.7 Å². The number of hydrogen-bond donors (Lipinski definition) is 3. The van der Waals surface area contributed by atoms with Gasteiger partial charge in [-0.2, -0.15) is 0 Å². The van der Waals surface area contributed by atoms with E-state index in [0.717, 1.165) is 51.6 Å². The molecule has 4 heteroatoms. The van der Waals surface area contributed by atoms with Crippen LogP contribution in [-0.4, -0.2) is 36.2 Å². The first-order valence-electron chi connectivity index (χ1n) is 6.45. The highest BCUT2D eigenvalue weighted by Gasteiger charge is 2.25. The number of nitrogens with one attached hydrogen (secondary N) is 2. The van der Waals surface area contributed by atoms with Gasteiger partial charge in [-0.25, -0.2) is 0 Å². The number of piperidine rings is 1. The molecule has 1 heterocycles. The van der Waals surface area contributed by atoms with E-state index in [1.807, 2.05) is 0 Å². The minimum absolute atomic E-state index is 0.149. The average molecular weight is 226 g/mol. The summed E-state index contributed by atoms with van der Waals surface area (Å²) in [6.45, 7) is 1.86. The topological polar surface area (TPSA) is 61.4 Å². The zero-order valence-electron chi connectivity index (χ0n) is 9.74. The van der Waals surface area contributed by atoms with Crippen LogP contribution in [0.1, 0.15) is 38.5 Å². The van der Waals surface area contributed by atoms with Crippen LogP contribution >= 0.6 is 0 Å². The zero-order valence-corrected chi connectivity index (χ0v) is 9.74. The molecule has 2 aliphatic rings. The second-order valence-electron chi connectivity index (χ2n) is 5.06. The number of rotatable bonds is 2. The minimum Gasteiger partial charge on any atom is -0.393 e. The summed E-state index contributed by atoms with van der Waals surface area (Å²) in [5.74, 6) is 0.356. The van der Waals surface area contributed by atoms with Crippen molar-refractivity contribution >= 4 is 5.91 Å². The Kier molecular flexibility index (Phi) is 4.18.